The highest BCUT2D eigenvalue weighted by Crippen LogP contribution is 2.26. The SMILES string of the molecule is CC(O)C(=O)N1CCN(C(=O)c2ccccc2C(C)(C)C)CC1. The van der Waals surface area contributed by atoms with Gasteiger partial charge in [-0.2, -0.15) is 0 Å². The van der Waals surface area contributed by atoms with Gasteiger partial charge in [0.05, 0.1) is 0 Å². The van der Waals surface area contributed by atoms with Crippen LogP contribution in [0, 0.1) is 0 Å². The minimum Gasteiger partial charge on any atom is -0.384 e. The van der Waals surface area contributed by atoms with Gasteiger partial charge >= 0.3 is 0 Å². The second-order valence-electron chi connectivity index (χ2n) is 7.09. The second kappa shape index (κ2) is 6.71. The fraction of sp³-hybridized carbons (Fsp3) is 0.556. The monoisotopic (exact) mass is 318 g/mol. The third-order valence-corrected chi connectivity index (χ3v) is 4.20. The van der Waals surface area contributed by atoms with Crippen molar-refractivity contribution < 1.29 is 14.7 Å². The van der Waals surface area contributed by atoms with E-state index in [4.69, 9.17) is 0 Å². The molecule has 0 bridgehead atoms. The normalized spacial score (nSPS) is 17.1. The number of carbonyl (C=O) groups excluding carboxylic acids is 2. The van der Waals surface area contributed by atoms with Gasteiger partial charge < -0.3 is 14.9 Å². The Morgan fingerprint density at radius 2 is 1.57 bits per heavy atom. The van der Waals surface area contributed by atoms with Crippen molar-refractivity contribution in [2.24, 2.45) is 0 Å². The van der Waals surface area contributed by atoms with Crippen molar-refractivity contribution in [3.8, 4) is 0 Å². The van der Waals surface area contributed by atoms with Crippen molar-refractivity contribution in [2.45, 2.75) is 39.2 Å². The van der Waals surface area contributed by atoms with Gasteiger partial charge in [-0.25, -0.2) is 0 Å². The zero-order valence-electron chi connectivity index (χ0n) is 14.4. The summed E-state index contributed by atoms with van der Waals surface area (Å²) < 4.78 is 0. The number of nitrogens with zero attached hydrogens (tertiary/aromatic N) is 2. The Kier molecular flexibility index (Phi) is 5.09. The molecule has 1 heterocycles. The number of hydrogen-bond donors (Lipinski definition) is 1. The lowest BCUT2D eigenvalue weighted by Gasteiger charge is -2.36. The molecular formula is C18H26N2O3. The Morgan fingerprint density at radius 3 is 2.09 bits per heavy atom. The average Bonchev–Trinajstić information content (AvgIpc) is 2.52. The van der Waals surface area contributed by atoms with Crippen molar-refractivity contribution >= 4 is 11.8 Å². The van der Waals surface area contributed by atoms with E-state index in [2.05, 4.69) is 20.8 Å². The molecule has 0 aromatic heterocycles. The summed E-state index contributed by atoms with van der Waals surface area (Å²) in [6, 6.07) is 7.71. The van der Waals surface area contributed by atoms with E-state index < -0.39 is 6.10 Å². The van der Waals surface area contributed by atoms with Gasteiger partial charge in [0.25, 0.3) is 11.8 Å². The highest BCUT2D eigenvalue weighted by molar-refractivity contribution is 5.96. The minimum atomic E-state index is -0.987. The first kappa shape index (κ1) is 17.5. The molecule has 0 radical (unpaired) electrons. The molecule has 5 nitrogen and oxygen atoms in total. The first-order valence-electron chi connectivity index (χ1n) is 8.07. The molecule has 0 spiro atoms. The number of aliphatic hydroxyl groups excluding tert-OH is 1. The van der Waals surface area contributed by atoms with Gasteiger partial charge in [-0.3, -0.25) is 9.59 Å². The van der Waals surface area contributed by atoms with Gasteiger partial charge in [0.15, 0.2) is 0 Å². The molecule has 1 aliphatic heterocycles. The van der Waals surface area contributed by atoms with Crippen LogP contribution in [0.1, 0.15) is 43.6 Å². The molecule has 1 saturated heterocycles. The van der Waals surface area contributed by atoms with E-state index >= 15 is 0 Å². The summed E-state index contributed by atoms with van der Waals surface area (Å²) in [4.78, 5) is 28.1. The number of aliphatic hydroxyl groups is 1. The molecule has 0 saturated carbocycles. The highest BCUT2D eigenvalue weighted by atomic mass is 16.3. The molecule has 1 unspecified atom stereocenters. The summed E-state index contributed by atoms with van der Waals surface area (Å²) in [5.41, 5.74) is 1.67. The predicted octanol–water partition coefficient (Wildman–Crippen LogP) is 1.65. The largest absolute Gasteiger partial charge is 0.384 e. The molecule has 1 aromatic carbocycles. The lowest BCUT2D eigenvalue weighted by molar-refractivity contribution is -0.140. The molecular weight excluding hydrogens is 292 g/mol. The molecule has 1 atom stereocenters. The third kappa shape index (κ3) is 3.91. The Bertz CT molecular complexity index is 582. The maximum absolute atomic E-state index is 12.9. The molecule has 126 valence electrons. The van der Waals surface area contributed by atoms with Crippen LogP contribution in [0.3, 0.4) is 0 Å². The van der Waals surface area contributed by atoms with Crippen LogP contribution in [0.4, 0.5) is 0 Å². The summed E-state index contributed by atoms with van der Waals surface area (Å²) in [5, 5.41) is 9.38. The number of amides is 2. The summed E-state index contributed by atoms with van der Waals surface area (Å²) in [5.74, 6) is -0.258. The average molecular weight is 318 g/mol. The molecule has 0 aliphatic carbocycles. The topological polar surface area (TPSA) is 60.9 Å². The summed E-state index contributed by atoms with van der Waals surface area (Å²) in [7, 11) is 0. The van der Waals surface area contributed by atoms with E-state index in [1.165, 1.54) is 6.92 Å². The van der Waals surface area contributed by atoms with Crippen molar-refractivity contribution in [3.63, 3.8) is 0 Å². The standard InChI is InChI=1S/C18H26N2O3/c1-13(21)16(22)19-9-11-20(12-10-19)17(23)14-7-5-6-8-15(14)18(2,3)4/h5-8,13,21H,9-12H2,1-4H3. The van der Waals surface area contributed by atoms with Gasteiger partial charge in [0.1, 0.15) is 6.10 Å². The van der Waals surface area contributed by atoms with Gasteiger partial charge in [-0.15, -0.1) is 0 Å². The zero-order valence-corrected chi connectivity index (χ0v) is 14.4. The van der Waals surface area contributed by atoms with Crippen LogP contribution in [0.5, 0.6) is 0 Å². The van der Waals surface area contributed by atoms with Crippen molar-refractivity contribution in [1.29, 1.82) is 0 Å². The van der Waals surface area contributed by atoms with E-state index in [1.807, 2.05) is 24.3 Å². The molecule has 2 amide bonds. The number of hydrogen-bond acceptors (Lipinski definition) is 3. The number of carbonyl (C=O) groups is 2. The van der Waals surface area contributed by atoms with Gasteiger partial charge in [0.2, 0.25) is 0 Å². The Labute approximate surface area is 137 Å². The number of piperazine rings is 1. The van der Waals surface area contributed by atoms with Crippen molar-refractivity contribution in [2.75, 3.05) is 26.2 Å². The second-order valence-corrected chi connectivity index (χ2v) is 7.09. The molecule has 1 N–H and O–H groups in total. The Balaban J connectivity index is 2.11. The van der Waals surface area contributed by atoms with E-state index in [9.17, 15) is 14.7 Å². The van der Waals surface area contributed by atoms with Crippen LogP contribution >= 0.6 is 0 Å². The first-order chi connectivity index (χ1) is 10.7. The lowest BCUT2D eigenvalue weighted by atomic mass is 9.83. The fourth-order valence-electron chi connectivity index (χ4n) is 2.89. The minimum absolute atomic E-state index is 0.0136. The first-order valence-corrected chi connectivity index (χ1v) is 8.07. The molecule has 2 rings (SSSR count). The van der Waals surface area contributed by atoms with Crippen LogP contribution in [0.2, 0.25) is 0 Å². The molecule has 1 aromatic rings. The van der Waals surface area contributed by atoms with E-state index in [-0.39, 0.29) is 17.2 Å². The van der Waals surface area contributed by atoms with Crippen LogP contribution in [-0.4, -0.2) is 59.0 Å². The molecule has 1 aliphatic rings. The maximum atomic E-state index is 12.9. The lowest BCUT2D eigenvalue weighted by Crippen LogP contribution is -2.52. The van der Waals surface area contributed by atoms with Crippen molar-refractivity contribution in [1.82, 2.24) is 9.80 Å². The molecule has 23 heavy (non-hydrogen) atoms. The Hall–Kier alpha value is -1.88. The van der Waals surface area contributed by atoms with Crippen LogP contribution < -0.4 is 0 Å². The fourth-order valence-corrected chi connectivity index (χ4v) is 2.89. The highest BCUT2D eigenvalue weighted by Gasteiger charge is 2.29. The van der Waals surface area contributed by atoms with Crippen molar-refractivity contribution in [3.05, 3.63) is 35.4 Å². The summed E-state index contributed by atoms with van der Waals surface area (Å²) in [6.07, 6.45) is -0.987. The summed E-state index contributed by atoms with van der Waals surface area (Å²) >= 11 is 0. The molecule has 1 fully saturated rings. The smallest absolute Gasteiger partial charge is 0.254 e. The zero-order chi connectivity index (χ0) is 17.2. The van der Waals surface area contributed by atoms with Gasteiger partial charge in [-0.05, 0) is 24.0 Å². The maximum Gasteiger partial charge on any atom is 0.254 e. The summed E-state index contributed by atoms with van der Waals surface area (Å²) in [6.45, 7) is 9.68. The van der Waals surface area contributed by atoms with Crippen LogP contribution in [-0.2, 0) is 10.2 Å². The van der Waals surface area contributed by atoms with Crippen LogP contribution in [0.25, 0.3) is 0 Å². The quantitative estimate of drug-likeness (QED) is 0.902. The van der Waals surface area contributed by atoms with Crippen LogP contribution in [0.15, 0.2) is 24.3 Å². The Morgan fingerprint density at radius 1 is 1.04 bits per heavy atom. The third-order valence-electron chi connectivity index (χ3n) is 4.20. The number of benzene rings is 1. The number of rotatable bonds is 2. The van der Waals surface area contributed by atoms with E-state index in [1.54, 1.807) is 9.80 Å². The van der Waals surface area contributed by atoms with Gasteiger partial charge in [-0.1, -0.05) is 39.0 Å². The van der Waals surface area contributed by atoms with E-state index in [0.29, 0.717) is 26.2 Å². The molecule has 5 heteroatoms. The predicted molar refractivity (Wildman–Crippen MR) is 89.3 cm³/mol. The van der Waals surface area contributed by atoms with Gasteiger partial charge in [0, 0.05) is 31.7 Å². The van der Waals surface area contributed by atoms with E-state index in [0.717, 1.165) is 11.1 Å².